The fraction of sp³-hybridized carbons (Fsp3) is 0.929. The fourth-order valence-corrected chi connectivity index (χ4v) is 2.21. The average molecular weight is 302 g/mol. The number of hydrogen-bond donors (Lipinski definition) is 1. The van der Waals surface area contributed by atoms with E-state index in [0.29, 0.717) is 6.42 Å². The topological polar surface area (TPSA) is 52.3 Å². The molecule has 0 aliphatic carbocycles. The minimum absolute atomic E-state index is 0. The van der Waals surface area contributed by atoms with Gasteiger partial charge < -0.3 is 4.84 Å². The number of hydrogen-bond acceptors (Lipinski definition) is 3. The van der Waals surface area contributed by atoms with Crippen molar-refractivity contribution in [1.82, 2.24) is 0 Å². The molecular formula is C14H29ClNNaO2. The third kappa shape index (κ3) is 14.9. The van der Waals surface area contributed by atoms with Crippen molar-refractivity contribution >= 4 is 47.1 Å². The Morgan fingerprint density at radius 1 is 1.00 bits per heavy atom. The molecule has 2 N–H and O–H groups in total. The second kappa shape index (κ2) is 16.8. The van der Waals surface area contributed by atoms with Gasteiger partial charge in [-0.05, 0) is 6.42 Å². The number of unbranched alkanes of at least 4 members (excludes halogenated alkanes) is 9. The van der Waals surface area contributed by atoms with Crippen molar-refractivity contribution in [2.45, 2.75) is 82.9 Å². The normalized spacial score (nSPS) is 11.7. The minimum atomic E-state index is -0.580. The first-order valence-electron chi connectivity index (χ1n) is 7.27. The zero-order chi connectivity index (χ0) is 13.6. The molecule has 0 aromatic carbocycles. The van der Waals surface area contributed by atoms with Gasteiger partial charge in [-0.15, -0.1) is 11.6 Å². The van der Waals surface area contributed by atoms with Gasteiger partial charge in [0.25, 0.3) is 0 Å². The van der Waals surface area contributed by atoms with Crippen molar-refractivity contribution in [3.05, 3.63) is 0 Å². The van der Waals surface area contributed by atoms with Crippen LogP contribution in [0.4, 0.5) is 0 Å². The average Bonchev–Trinajstić information content (AvgIpc) is 2.39. The number of alkyl halides is 1. The molecule has 0 saturated heterocycles. The zero-order valence-electron chi connectivity index (χ0n) is 11.6. The quantitative estimate of drug-likeness (QED) is 0.259. The van der Waals surface area contributed by atoms with E-state index < -0.39 is 11.3 Å². The summed E-state index contributed by atoms with van der Waals surface area (Å²) in [5.41, 5.74) is 0. The number of nitrogens with two attached hydrogens (primary N) is 1. The Hall–Kier alpha value is 0.720. The molecular weight excluding hydrogens is 273 g/mol. The third-order valence-corrected chi connectivity index (χ3v) is 3.58. The van der Waals surface area contributed by atoms with Crippen LogP contribution in [0.2, 0.25) is 0 Å². The first-order valence-corrected chi connectivity index (χ1v) is 7.70. The molecule has 0 radical (unpaired) electrons. The van der Waals surface area contributed by atoms with E-state index in [2.05, 4.69) is 11.8 Å². The number of carbonyl (C=O) groups is 1. The van der Waals surface area contributed by atoms with Crippen molar-refractivity contribution in [1.29, 1.82) is 0 Å². The predicted molar refractivity (Wildman–Crippen MR) is 83.5 cm³/mol. The Morgan fingerprint density at radius 3 is 1.84 bits per heavy atom. The molecule has 0 spiro atoms. The van der Waals surface area contributed by atoms with E-state index in [1.54, 1.807) is 0 Å². The molecule has 19 heavy (non-hydrogen) atoms. The van der Waals surface area contributed by atoms with Gasteiger partial charge in [-0.25, -0.2) is 4.79 Å². The maximum absolute atomic E-state index is 10.9. The summed E-state index contributed by atoms with van der Waals surface area (Å²) in [6, 6.07) is 0. The molecule has 0 amide bonds. The first kappa shape index (κ1) is 22.0. The van der Waals surface area contributed by atoms with Crippen LogP contribution in [0.25, 0.3) is 0 Å². The van der Waals surface area contributed by atoms with E-state index in [1.165, 1.54) is 51.4 Å². The van der Waals surface area contributed by atoms with E-state index >= 15 is 0 Å². The van der Waals surface area contributed by atoms with Crippen LogP contribution in [-0.4, -0.2) is 40.9 Å². The van der Waals surface area contributed by atoms with Gasteiger partial charge in [0.2, 0.25) is 0 Å². The summed E-state index contributed by atoms with van der Waals surface area (Å²) in [6.07, 6.45) is 13.4. The first-order chi connectivity index (χ1) is 8.72. The second-order valence-corrected chi connectivity index (χ2v) is 5.40. The van der Waals surface area contributed by atoms with Crippen LogP contribution in [0.15, 0.2) is 0 Å². The van der Waals surface area contributed by atoms with Crippen molar-refractivity contribution in [3.8, 4) is 0 Å². The molecule has 0 aliphatic rings. The summed E-state index contributed by atoms with van der Waals surface area (Å²) < 4.78 is 0. The molecule has 0 rings (SSSR count). The van der Waals surface area contributed by atoms with Crippen molar-refractivity contribution in [3.63, 3.8) is 0 Å². The fourth-order valence-electron chi connectivity index (χ4n) is 2.00. The van der Waals surface area contributed by atoms with Crippen LogP contribution in [0.5, 0.6) is 0 Å². The summed E-state index contributed by atoms with van der Waals surface area (Å²) in [5, 5.41) is -0.580. The predicted octanol–water partition coefficient (Wildman–Crippen LogP) is 3.67. The van der Waals surface area contributed by atoms with Gasteiger partial charge in [0.15, 0.2) is 0 Å². The third-order valence-electron chi connectivity index (χ3n) is 3.18. The summed E-state index contributed by atoms with van der Waals surface area (Å²) >= 11 is 5.79. The molecule has 110 valence electrons. The van der Waals surface area contributed by atoms with Gasteiger partial charge in [-0.3, -0.25) is 0 Å². The van der Waals surface area contributed by atoms with E-state index in [1.807, 2.05) is 0 Å². The number of rotatable bonds is 12. The Bertz CT molecular complexity index is 206. The van der Waals surface area contributed by atoms with Crippen molar-refractivity contribution < 1.29 is 9.63 Å². The summed E-state index contributed by atoms with van der Waals surface area (Å²) in [4.78, 5) is 15.0. The molecule has 0 aromatic heterocycles. The van der Waals surface area contributed by atoms with Gasteiger partial charge in [0.05, 0.1) is 0 Å². The SMILES string of the molecule is CCCCCCCCCCCCC(Cl)C(=O)ON.[NaH]. The Morgan fingerprint density at radius 2 is 1.42 bits per heavy atom. The molecule has 0 heterocycles. The van der Waals surface area contributed by atoms with E-state index in [9.17, 15) is 4.79 Å². The van der Waals surface area contributed by atoms with E-state index in [-0.39, 0.29) is 29.6 Å². The van der Waals surface area contributed by atoms with Crippen LogP contribution in [-0.2, 0) is 9.63 Å². The monoisotopic (exact) mass is 301 g/mol. The number of carbonyl (C=O) groups excluding carboxylic acids is 1. The summed E-state index contributed by atoms with van der Waals surface area (Å²) in [7, 11) is 0. The molecule has 0 fully saturated rings. The van der Waals surface area contributed by atoms with Crippen molar-refractivity contribution in [2.24, 2.45) is 5.90 Å². The molecule has 0 saturated carbocycles. The van der Waals surface area contributed by atoms with Gasteiger partial charge >= 0.3 is 35.5 Å². The van der Waals surface area contributed by atoms with Crippen LogP contribution in [0.1, 0.15) is 77.6 Å². The molecule has 1 atom stereocenters. The summed E-state index contributed by atoms with van der Waals surface area (Å²) in [5.74, 6) is 4.24. The zero-order valence-corrected chi connectivity index (χ0v) is 12.4. The van der Waals surface area contributed by atoms with Crippen LogP contribution in [0, 0.1) is 0 Å². The van der Waals surface area contributed by atoms with Crippen LogP contribution in [0.3, 0.4) is 0 Å². The van der Waals surface area contributed by atoms with Crippen LogP contribution < -0.4 is 5.90 Å². The maximum atomic E-state index is 10.9. The molecule has 3 nitrogen and oxygen atoms in total. The number of halogens is 1. The Labute approximate surface area is 145 Å². The molecule has 0 aromatic rings. The molecule has 5 heteroatoms. The standard InChI is InChI=1S/C14H28ClNO2.Na.H/c1-2-3-4-5-6-7-8-9-10-11-12-13(15)14(17)18-16;;/h13H,2-12,16H2,1H3;;. The van der Waals surface area contributed by atoms with Crippen LogP contribution >= 0.6 is 11.6 Å². The Kier molecular flexibility index (Phi) is 19.4. The van der Waals surface area contributed by atoms with E-state index in [4.69, 9.17) is 17.5 Å². The second-order valence-electron chi connectivity index (χ2n) is 4.88. The van der Waals surface area contributed by atoms with Crippen molar-refractivity contribution in [2.75, 3.05) is 0 Å². The molecule has 0 aliphatic heterocycles. The molecule has 0 bridgehead atoms. The summed E-state index contributed by atoms with van der Waals surface area (Å²) in [6.45, 7) is 2.24. The van der Waals surface area contributed by atoms with E-state index in [0.717, 1.165) is 12.8 Å². The van der Waals surface area contributed by atoms with Gasteiger partial charge in [0.1, 0.15) is 5.38 Å². The van der Waals surface area contributed by atoms with Gasteiger partial charge in [-0.2, -0.15) is 5.90 Å². The van der Waals surface area contributed by atoms with Gasteiger partial charge in [0, 0.05) is 0 Å². The molecule has 1 unspecified atom stereocenters. The van der Waals surface area contributed by atoms with Gasteiger partial charge in [-0.1, -0.05) is 71.1 Å². The Balaban J connectivity index is 0.